The van der Waals surface area contributed by atoms with Gasteiger partial charge >= 0.3 is 0 Å². The van der Waals surface area contributed by atoms with Gasteiger partial charge in [-0.1, -0.05) is 6.92 Å². The van der Waals surface area contributed by atoms with Gasteiger partial charge in [0.1, 0.15) is 0 Å². The summed E-state index contributed by atoms with van der Waals surface area (Å²) < 4.78 is 0. The number of carbonyl (C=O) groups excluding carboxylic acids is 1. The van der Waals surface area contributed by atoms with E-state index in [1.54, 1.807) is 0 Å². The van der Waals surface area contributed by atoms with E-state index in [0.29, 0.717) is 12.6 Å². The molecule has 1 saturated heterocycles. The molecule has 18 heavy (non-hydrogen) atoms. The average Bonchev–Trinajstić information content (AvgIpc) is 2.65. The summed E-state index contributed by atoms with van der Waals surface area (Å²) in [6, 6.07) is 0.524. The molecule has 1 unspecified atom stereocenters. The summed E-state index contributed by atoms with van der Waals surface area (Å²) >= 11 is 0. The van der Waals surface area contributed by atoms with Gasteiger partial charge in [0.15, 0.2) is 0 Å². The van der Waals surface area contributed by atoms with Crippen molar-refractivity contribution in [2.75, 3.05) is 26.7 Å². The maximum atomic E-state index is 12.0. The molecule has 108 valence electrons. The molecule has 1 atom stereocenters. The predicted molar refractivity (Wildman–Crippen MR) is 78.3 cm³/mol. The van der Waals surface area contributed by atoms with Crippen molar-refractivity contribution in [3.63, 3.8) is 0 Å². The molecule has 1 fully saturated rings. The fourth-order valence-electron chi connectivity index (χ4n) is 2.26. The molecule has 1 aliphatic heterocycles. The lowest BCUT2D eigenvalue weighted by Crippen LogP contribution is -2.49. The summed E-state index contributed by atoms with van der Waals surface area (Å²) in [5.41, 5.74) is -0.0880. The lowest BCUT2D eigenvalue weighted by Gasteiger charge is -2.28. The number of hydrogen-bond acceptors (Lipinski definition) is 3. The van der Waals surface area contributed by atoms with Gasteiger partial charge in [-0.25, -0.2) is 0 Å². The molecule has 0 aromatic heterocycles. The van der Waals surface area contributed by atoms with E-state index < -0.39 is 0 Å². The van der Waals surface area contributed by atoms with Gasteiger partial charge in [0.25, 0.3) is 0 Å². The summed E-state index contributed by atoms with van der Waals surface area (Å²) in [6.45, 7) is 8.80. The van der Waals surface area contributed by atoms with E-state index in [4.69, 9.17) is 0 Å². The highest BCUT2D eigenvalue weighted by atomic mass is 35.5. The lowest BCUT2D eigenvalue weighted by atomic mass is 10.0. The van der Waals surface area contributed by atoms with Crippen molar-refractivity contribution >= 4 is 18.3 Å². The molecule has 1 amide bonds. The quantitative estimate of drug-likeness (QED) is 0.771. The van der Waals surface area contributed by atoms with Crippen LogP contribution in [0.15, 0.2) is 0 Å². The second-order valence-corrected chi connectivity index (χ2v) is 5.61. The Morgan fingerprint density at radius 1 is 1.44 bits per heavy atom. The molecular weight excluding hydrogens is 250 g/mol. The fraction of sp³-hybridized carbons (Fsp3) is 0.923. The highest BCUT2D eigenvalue weighted by Crippen LogP contribution is 2.16. The molecule has 0 spiro atoms. The number of halogens is 1. The topological polar surface area (TPSA) is 44.4 Å². The van der Waals surface area contributed by atoms with Crippen LogP contribution in [0, 0.1) is 0 Å². The largest absolute Gasteiger partial charge is 0.350 e. The van der Waals surface area contributed by atoms with Gasteiger partial charge in [0.05, 0.1) is 6.54 Å². The van der Waals surface area contributed by atoms with Gasteiger partial charge in [0.2, 0.25) is 5.91 Å². The zero-order valence-corrected chi connectivity index (χ0v) is 12.9. The van der Waals surface area contributed by atoms with Crippen molar-refractivity contribution in [3.8, 4) is 0 Å². The predicted octanol–water partition coefficient (Wildman–Crippen LogP) is 1.40. The third-order valence-corrected chi connectivity index (χ3v) is 3.65. The molecule has 0 aliphatic carbocycles. The maximum absolute atomic E-state index is 12.0. The van der Waals surface area contributed by atoms with Crippen LogP contribution in [0.4, 0.5) is 0 Å². The second-order valence-electron chi connectivity index (χ2n) is 5.61. The number of nitrogens with zero attached hydrogens (tertiary/aromatic N) is 1. The highest BCUT2D eigenvalue weighted by molar-refractivity contribution is 5.85. The molecule has 5 heteroatoms. The Labute approximate surface area is 117 Å². The molecule has 4 nitrogen and oxygen atoms in total. The Morgan fingerprint density at radius 2 is 2.11 bits per heavy atom. The molecular formula is C13H28ClN3O. The Morgan fingerprint density at radius 3 is 2.67 bits per heavy atom. The number of likely N-dealkylation sites (tertiary alicyclic amines) is 1. The molecule has 0 aromatic carbocycles. The van der Waals surface area contributed by atoms with Crippen LogP contribution >= 0.6 is 12.4 Å². The first kappa shape index (κ1) is 17.7. The Kier molecular flexibility index (Phi) is 7.83. The number of likely N-dealkylation sites (N-methyl/N-ethyl adjacent to an activating group) is 1. The molecule has 0 bridgehead atoms. The van der Waals surface area contributed by atoms with Gasteiger partial charge in [-0.15, -0.1) is 12.4 Å². The van der Waals surface area contributed by atoms with E-state index in [-0.39, 0.29) is 23.9 Å². The Bertz CT molecular complexity index is 259. The van der Waals surface area contributed by atoms with E-state index in [2.05, 4.69) is 36.3 Å². The van der Waals surface area contributed by atoms with Crippen molar-refractivity contribution in [3.05, 3.63) is 0 Å². The minimum absolute atomic E-state index is 0. The summed E-state index contributed by atoms with van der Waals surface area (Å²) in [5, 5.41) is 6.29. The van der Waals surface area contributed by atoms with Crippen LogP contribution in [-0.2, 0) is 4.79 Å². The monoisotopic (exact) mass is 277 g/mol. The first-order valence-corrected chi connectivity index (χ1v) is 6.68. The lowest BCUT2D eigenvalue weighted by molar-refractivity contribution is -0.124. The van der Waals surface area contributed by atoms with Gasteiger partial charge in [-0.05, 0) is 46.7 Å². The van der Waals surface area contributed by atoms with Gasteiger partial charge in [0, 0.05) is 18.1 Å². The average molecular weight is 278 g/mol. The van der Waals surface area contributed by atoms with Crippen LogP contribution in [0.3, 0.4) is 0 Å². The van der Waals surface area contributed by atoms with Gasteiger partial charge in [-0.3, -0.25) is 9.69 Å². The first-order valence-electron chi connectivity index (χ1n) is 6.68. The summed E-state index contributed by atoms with van der Waals surface area (Å²) in [4.78, 5) is 14.2. The Balaban J connectivity index is 0.00000289. The smallest absolute Gasteiger partial charge is 0.234 e. The second kappa shape index (κ2) is 7.97. The van der Waals surface area contributed by atoms with E-state index in [1.807, 2.05) is 7.05 Å². The zero-order valence-electron chi connectivity index (χ0n) is 12.1. The number of hydrogen-bond donors (Lipinski definition) is 2. The first-order chi connectivity index (χ1) is 7.98. The number of carbonyl (C=O) groups is 1. The van der Waals surface area contributed by atoms with Crippen molar-refractivity contribution in [2.45, 2.75) is 51.6 Å². The molecule has 0 radical (unpaired) electrons. The molecule has 1 heterocycles. The molecule has 1 aliphatic rings. The van der Waals surface area contributed by atoms with Crippen molar-refractivity contribution in [1.29, 1.82) is 0 Å². The third kappa shape index (κ3) is 5.55. The van der Waals surface area contributed by atoms with Gasteiger partial charge in [-0.2, -0.15) is 0 Å². The summed E-state index contributed by atoms with van der Waals surface area (Å²) in [5.74, 6) is 0.153. The number of nitrogens with one attached hydrogen (secondary N) is 2. The molecule has 0 saturated carbocycles. The molecule has 1 rings (SSSR count). The van der Waals surface area contributed by atoms with E-state index in [0.717, 1.165) is 19.5 Å². The normalized spacial score (nSPS) is 20.6. The molecule has 0 aromatic rings. The van der Waals surface area contributed by atoms with E-state index in [1.165, 1.54) is 12.8 Å². The fourth-order valence-corrected chi connectivity index (χ4v) is 2.26. The summed E-state index contributed by atoms with van der Waals surface area (Å²) in [6.07, 6.45) is 3.36. The number of rotatable bonds is 6. The van der Waals surface area contributed by atoms with Gasteiger partial charge < -0.3 is 10.6 Å². The Hall–Kier alpha value is -0.320. The van der Waals surface area contributed by atoms with Crippen molar-refractivity contribution < 1.29 is 4.79 Å². The third-order valence-electron chi connectivity index (χ3n) is 3.65. The van der Waals surface area contributed by atoms with Crippen LogP contribution in [-0.4, -0.2) is 49.1 Å². The highest BCUT2D eigenvalue weighted by Gasteiger charge is 2.27. The zero-order chi connectivity index (χ0) is 12.9. The van der Waals surface area contributed by atoms with Crippen molar-refractivity contribution in [2.24, 2.45) is 0 Å². The van der Waals surface area contributed by atoms with Crippen LogP contribution in [0.25, 0.3) is 0 Å². The minimum Gasteiger partial charge on any atom is -0.350 e. The van der Waals surface area contributed by atoms with Crippen LogP contribution < -0.4 is 10.6 Å². The summed E-state index contributed by atoms with van der Waals surface area (Å²) in [7, 11) is 1.97. The van der Waals surface area contributed by atoms with Crippen LogP contribution in [0.1, 0.15) is 40.0 Å². The minimum atomic E-state index is -0.0880. The van der Waals surface area contributed by atoms with E-state index in [9.17, 15) is 4.79 Å². The van der Waals surface area contributed by atoms with Crippen molar-refractivity contribution in [1.82, 2.24) is 15.5 Å². The molecule has 2 N–H and O–H groups in total. The maximum Gasteiger partial charge on any atom is 0.234 e. The van der Waals surface area contributed by atoms with Crippen LogP contribution in [0.5, 0.6) is 0 Å². The van der Waals surface area contributed by atoms with Crippen LogP contribution in [0.2, 0.25) is 0 Å². The standard InChI is InChI=1S/C13H27N3O.ClH/c1-5-13(2,3)15-12(17)10-16-8-6-7-11(16)9-14-4;/h11,14H,5-10H2,1-4H3,(H,15,17);1H. The number of amides is 1. The van der Waals surface area contributed by atoms with E-state index >= 15 is 0 Å². The SMILES string of the molecule is CCC(C)(C)NC(=O)CN1CCCC1CNC.Cl.